The van der Waals surface area contributed by atoms with Crippen LogP contribution in [-0.2, 0) is 13.1 Å². The second-order valence-corrected chi connectivity index (χ2v) is 7.84. The summed E-state index contributed by atoms with van der Waals surface area (Å²) in [5.74, 6) is 2.02. The van der Waals surface area contributed by atoms with E-state index in [2.05, 4.69) is 81.2 Å². The second-order valence-electron chi connectivity index (χ2n) is 7.84. The van der Waals surface area contributed by atoms with Crippen LogP contribution in [0.15, 0.2) is 53.7 Å². The SMILES string of the molecule is CN=C(NCc1ccccc1CN(C)C(C)C)N1CCN(c2ccccn2)CC1. The quantitative estimate of drug-likeness (QED) is 0.603. The summed E-state index contributed by atoms with van der Waals surface area (Å²) in [5.41, 5.74) is 2.69. The number of benzene rings is 1. The van der Waals surface area contributed by atoms with Crippen LogP contribution in [0.4, 0.5) is 5.82 Å². The van der Waals surface area contributed by atoms with Gasteiger partial charge in [0.1, 0.15) is 5.82 Å². The van der Waals surface area contributed by atoms with Gasteiger partial charge in [-0.3, -0.25) is 9.89 Å². The minimum Gasteiger partial charge on any atom is -0.353 e. The molecular weight excluding hydrogens is 360 g/mol. The van der Waals surface area contributed by atoms with Crippen molar-refractivity contribution >= 4 is 11.8 Å². The molecule has 0 radical (unpaired) electrons. The van der Waals surface area contributed by atoms with Gasteiger partial charge in [-0.15, -0.1) is 0 Å². The first kappa shape index (κ1) is 21.1. The minimum absolute atomic E-state index is 0.527. The summed E-state index contributed by atoms with van der Waals surface area (Å²) in [6, 6.07) is 15.3. The maximum Gasteiger partial charge on any atom is 0.194 e. The van der Waals surface area contributed by atoms with E-state index < -0.39 is 0 Å². The smallest absolute Gasteiger partial charge is 0.194 e. The van der Waals surface area contributed by atoms with Crippen LogP contribution in [0.1, 0.15) is 25.0 Å². The maximum atomic E-state index is 4.53. The molecule has 0 bridgehead atoms. The molecule has 1 N–H and O–H groups in total. The third-order valence-electron chi connectivity index (χ3n) is 5.62. The molecule has 0 saturated carbocycles. The maximum absolute atomic E-state index is 4.53. The Labute approximate surface area is 175 Å². The van der Waals surface area contributed by atoms with E-state index in [1.54, 1.807) is 0 Å². The molecule has 1 aliphatic heterocycles. The molecule has 1 aliphatic rings. The summed E-state index contributed by atoms with van der Waals surface area (Å²) in [7, 11) is 4.04. The number of aliphatic imine (C=N–C) groups is 1. The first-order valence-electron chi connectivity index (χ1n) is 10.5. The van der Waals surface area contributed by atoms with Crippen molar-refractivity contribution in [3.63, 3.8) is 0 Å². The molecule has 6 heteroatoms. The first-order valence-corrected chi connectivity index (χ1v) is 10.5. The van der Waals surface area contributed by atoms with E-state index >= 15 is 0 Å². The van der Waals surface area contributed by atoms with E-state index in [1.165, 1.54) is 11.1 Å². The highest BCUT2D eigenvalue weighted by Gasteiger charge is 2.20. The fraction of sp³-hybridized carbons (Fsp3) is 0.478. The lowest BCUT2D eigenvalue weighted by atomic mass is 10.1. The number of hydrogen-bond donors (Lipinski definition) is 1. The third kappa shape index (κ3) is 5.70. The van der Waals surface area contributed by atoms with Crippen LogP contribution >= 0.6 is 0 Å². The van der Waals surface area contributed by atoms with Gasteiger partial charge < -0.3 is 15.1 Å². The molecule has 1 saturated heterocycles. The Morgan fingerprint density at radius 1 is 1.07 bits per heavy atom. The van der Waals surface area contributed by atoms with Crippen LogP contribution in [-0.4, -0.2) is 67.1 Å². The van der Waals surface area contributed by atoms with Crippen molar-refractivity contribution in [1.82, 2.24) is 20.1 Å². The number of pyridine rings is 1. The highest BCUT2D eigenvalue weighted by atomic mass is 15.4. The molecule has 3 rings (SSSR count). The van der Waals surface area contributed by atoms with Crippen LogP contribution in [0.2, 0.25) is 0 Å². The zero-order valence-electron chi connectivity index (χ0n) is 18.2. The molecule has 156 valence electrons. The minimum atomic E-state index is 0.527. The van der Waals surface area contributed by atoms with Crippen LogP contribution in [0.5, 0.6) is 0 Å². The average molecular weight is 395 g/mol. The van der Waals surface area contributed by atoms with Crippen molar-refractivity contribution in [3.8, 4) is 0 Å². The predicted octanol–water partition coefficient (Wildman–Crippen LogP) is 2.82. The van der Waals surface area contributed by atoms with Gasteiger partial charge in [0, 0.05) is 58.6 Å². The Bertz CT molecular complexity index is 781. The summed E-state index contributed by atoms with van der Waals surface area (Å²) in [5, 5.41) is 3.58. The topological polar surface area (TPSA) is 47.0 Å². The molecule has 1 aromatic heterocycles. The lowest BCUT2D eigenvalue weighted by Crippen LogP contribution is -2.52. The number of piperazine rings is 1. The van der Waals surface area contributed by atoms with Gasteiger partial charge in [-0.1, -0.05) is 30.3 Å². The molecule has 0 atom stereocenters. The fourth-order valence-corrected chi connectivity index (χ4v) is 3.53. The van der Waals surface area contributed by atoms with Crippen LogP contribution in [0.25, 0.3) is 0 Å². The Hall–Kier alpha value is -2.60. The highest BCUT2D eigenvalue weighted by molar-refractivity contribution is 5.80. The molecular formula is C23H34N6. The van der Waals surface area contributed by atoms with Crippen LogP contribution < -0.4 is 10.2 Å². The van der Waals surface area contributed by atoms with E-state index in [0.29, 0.717) is 6.04 Å². The van der Waals surface area contributed by atoms with E-state index in [-0.39, 0.29) is 0 Å². The number of rotatable bonds is 6. The Balaban J connectivity index is 1.57. The van der Waals surface area contributed by atoms with E-state index in [0.717, 1.165) is 51.0 Å². The summed E-state index contributed by atoms with van der Waals surface area (Å²) in [4.78, 5) is 16.0. The molecule has 1 fully saturated rings. The average Bonchev–Trinajstić information content (AvgIpc) is 2.76. The number of aromatic nitrogens is 1. The van der Waals surface area contributed by atoms with Crippen molar-refractivity contribution in [2.45, 2.75) is 33.0 Å². The zero-order chi connectivity index (χ0) is 20.6. The Morgan fingerprint density at radius 3 is 2.38 bits per heavy atom. The monoisotopic (exact) mass is 394 g/mol. The first-order chi connectivity index (χ1) is 14.1. The van der Waals surface area contributed by atoms with E-state index in [9.17, 15) is 0 Å². The van der Waals surface area contributed by atoms with Crippen LogP contribution in [0, 0.1) is 0 Å². The summed E-state index contributed by atoms with van der Waals surface area (Å²) >= 11 is 0. The Morgan fingerprint density at radius 2 is 1.76 bits per heavy atom. The normalized spacial score (nSPS) is 15.3. The standard InChI is InChI=1S/C23H34N6/c1-19(2)27(4)18-21-10-6-5-9-20(21)17-26-23(24-3)29-15-13-28(14-16-29)22-11-7-8-12-25-22/h5-12,19H,13-18H2,1-4H3,(H,24,26). The molecule has 0 amide bonds. The van der Waals surface area contributed by atoms with Crippen molar-refractivity contribution in [2.24, 2.45) is 4.99 Å². The van der Waals surface area contributed by atoms with Crippen LogP contribution in [0.3, 0.4) is 0 Å². The molecule has 2 aromatic rings. The predicted molar refractivity (Wildman–Crippen MR) is 121 cm³/mol. The fourth-order valence-electron chi connectivity index (χ4n) is 3.53. The summed E-state index contributed by atoms with van der Waals surface area (Å²) in [6.07, 6.45) is 1.86. The number of anilines is 1. The summed E-state index contributed by atoms with van der Waals surface area (Å²) in [6.45, 7) is 9.98. The molecule has 0 spiro atoms. The number of nitrogens with one attached hydrogen (secondary N) is 1. The van der Waals surface area contributed by atoms with Crippen molar-refractivity contribution in [3.05, 3.63) is 59.8 Å². The van der Waals surface area contributed by atoms with Gasteiger partial charge in [-0.25, -0.2) is 4.98 Å². The lowest BCUT2D eigenvalue weighted by molar-refractivity contribution is 0.265. The number of nitrogens with zero attached hydrogens (tertiary/aromatic N) is 5. The van der Waals surface area contributed by atoms with Gasteiger partial charge in [-0.2, -0.15) is 0 Å². The number of hydrogen-bond acceptors (Lipinski definition) is 4. The van der Waals surface area contributed by atoms with Gasteiger partial charge in [-0.05, 0) is 44.2 Å². The molecule has 2 heterocycles. The van der Waals surface area contributed by atoms with Gasteiger partial charge in [0.25, 0.3) is 0 Å². The molecule has 29 heavy (non-hydrogen) atoms. The van der Waals surface area contributed by atoms with Gasteiger partial charge >= 0.3 is 0 Å². The highest BCUT2D eigenvalue weighted by Crippen LogP contribution is 2.14. The zero-order valence-corrected chi connectivity index (χ0v) is 18.2. The largest absolute Gasteiger partial charge is 0.353 e. The molecule has 0 unspecified atom stereocenters. The van der Waals surface area contributed by atoms with Crippen molar-refractivity contribution in [1.29, 1.82) is 0 Å². The molecule has 6 nitrogen and oxygen atoms in total. The molecule has 0 aliphatic carbocycles. The summed E-state index contributed by atoms with van der Waals surface area (Å²) < 4.78 is 0. The second kappa shape index (κ2) is 10.3. The Kier molecular flexibility index (Phi) is 7.47. The van der Waals surface area contributed by atoms with E-state index in [1.807, 2.05) is 25.4 Å². The van der Waals surface area contributed by atoms with Gasteiger partial charge in [0.05, 0.1) is 0 Å². The lowest BCUT2D eigenvalue weighted by Gasteiger charge is -2.37. The van der Waals surface area contributed by atoms with Gasteiger partial charge in [0.15, 0.2) is 5.96 Å². The molecule has 1 aromatic carbocycles. The van der Waals surface area contributed by atoms with Crippen molar-refractivity contribution in [2.75, 3.05) is 45.2 Å². The van der Waals surface area contributed by atoms with Crippen molar-refractivity contribution < 1.29 is 0 Å². The third-order valence-corrected chi connectivity index (χ3v) is 5.62. The number of guanidine groups is 1. The van der Waals surface area contributed by atoms with Gasteiger partial charge in [0.2, 0.25) is 0 Å². The van der Waals surface area contributed by atoms with E-state index in [4.69, 9.17) is 0 Å².